The molecule has 0 aromatic heterocycles. The van der Waals surface area contributed by atoms with E-state index in [1.54, 1.807) is 11.0 Å². The van der Waals surface area contributed by atoms with Gasteiger partial charge in [0.1, 0.15) is 0 Å². The van der Waals surface area contributed by atoms with Crippen LogP contribution in [0.4, 0.5) is 4.79 Å². The summed E-state index contributed by atoms with van der Waals surface area (Å²) in [6.07, 6.45) is 0.321. The minimum absolute atomic E-state index is 0.0666. The Morgan fingerprint density at radius 2 is 2.25 bits per heavy atom. The third kappa shape index (κ3) is 3.90. The first-order valence-electron chi connectivity index (χ1n) is 6.53. The summed E-state index contributed by atoms with van der Waals surface area (Å²) in [6, 6.07) is 7.31. The fourth-order valence-electron chi connectivity index (χ4n) is 2.08. The highest BCUT2D eigenvalue weighted by atomic mass is 35.5. The van der Waals surface area contributed by atoms with Crippen LogP contribution in [-0.2, 0) is 4.79 Å². The lowest BCUT2D eigenvalue weighted by Gasteiger charge is -2.18. The van der Waals surface area contributed by atoms with Gasteiger partial charge in [-0.2, -0.15) is 0 Å². The van der Waals surface area contributed by atoms with Gasteiger partial charge in [-0.25, -0.2) is 0 Å². The van der Waals surface area contributed by atoms with E-state index in [0.29, 0.717) is 18.0 Å². The molecular weight excluding hydrogens is 296 g/mol. The van der Waals surface area contributed by atoms with Gasteiger partial charge in [-0.05, 0) is 18.6 Å². The predicted octanol–water partition coefficient (Wildman–Crippen LogP) is 3.08. The number of carbonyl (C=O) groups excluding carboxylic acids is 2. The molecule has 1 aliphatic heterocycles. The number of rotatable bonds is 5. The van der Waals surface area contributed by atoms with Crippen LogP contribution in [0, 0.1) is 0 Å². The average molecular weight is 313 g/mol. The molecule has 1 unspecified atom stereocenters. The molecule has 1 N–H and O–H groups in total. The minimum atomic E-state index is -0.139. The summed E-state index contributed by atoms with van der Waals surface area (Å²) in [7, 11) is 0. The van der Waals surface area contributed by atoms with E-state index in [2.05, 4.69) is 5.32 Å². The molecular formula is C14H17ClN2O2S. The van der Waals surface area contributed by atoms with Gasteiger partial charge in [-0.1, -0.05) is 41.6 Å². The van der Waals surface area contributed by atoms with Gasteiger partial charge in [0.25, 0.3) is 5.24 Å². The van der Waals surface area contributed by atoms with E-state index in [0.717, 1.165) is 17.9 Å². The van der Waals surface area contributed by atoms with Crippen molar-refractivity contribution in [2.24, 2.45) is 0 Å². The highest BCUT2D eigenvalue weighted by Gasteiger charge is 2.21. The largest absolute Gasteiger partial charge is 0.349 e. The molecule has 108 valence electrons. The molecule has 1 aromatic rings. The van der Waals surface area contributed by atoms with Gasteiger partial charge in [0.15, 0.2) is 0 Å². The number of hydrogen-bond acceptors (Lipinski definition) is 3. The van der Waals surface area contributed by atoms with Crippen molar-refractivity contribution >= 4 is 34.5 Å². The smallest absolute Gasteiger partial charge is 0.281 e. The Morgan fingerprint density at radius 1 is 1.50 bits per heavy atom. The van der Waals surface area contributed by atoms with Crippen LogP contribution in [0.15, 0.2) is 24.3 Å². The Labute approximate surface area is 127 Å². The number of nitrogens with one attached hydrogen (secondary N) is 1. The van der Waals surface area contributed by atoms with E-state index in [1.165, 1.54) is 11.8 Å². The fourth-order valence-corrected chi connectivity index (χ4v) is 3.23. The molecule has 4 nitrogen and oxygen atoms in total. The van der Waals surface area contributed by atoms with E-state index in [-0.39, 0.29) is 17.2 Å². The summed E-state index contributed by atoms with van der Waals surface area (Å²) >= 11 is 7.40. The Hall–Kier alpha value is -1.20. The van der Waals surface area contributed by atoms with Gasteiger partial charge in [0, 0.05) is 30.3 Å². The quantitative estimate of drug-likeness (QED) is 0.909. The van der Waals surface area contributed by atoms with Crippen LogP contribution in [0.3, 0.4) is 0 Å². The number of hydrogen-bond donors (Lipinski definition) is 1. The molecule has 0 aliphatic carbocycles. The second-order valence-corrected chi connectivity index (χ2v) is 6.12. The summed E-state index contributed by atoms with van der Waals surface area (Å²) < 4.78 is 0. The van der Waals surface area contributed by atoms with Gasteiger partial charge in [-0.15, -0.1) is 0 Å². The van der Waals surface area contributed by atoms with E-state index < -0.39 is 0 Å². The van der Waals surface area contributed by atoms with E-state index in [4.69, 9.17) is 11.6 Å². The second-order valence-electron chi connectivity index (χ2n) is 4.66. The average Bonchev–Trinajstić information content (AvgIpc) is 2.82. The lowest BCUT2D eigenvalue weighted by molar-refractivity contribution is -0.121. The number of halogens is 1. The van der Waals surface area contributed by atoms with Crippen LogP contribution < -0.4 is 5.32 Å². The van der Waals surface area contributed by atoms with Crippen molar-refractivity contribution in [3.8, 4) is 0 Å². The van der Waals surface area contributed by atoms with Gasteiger partial charge >= 0.3 is 0 Å². The summed E-state index contributed by atoms with van der Waals surface area (Å²) in [5.74, 6) is 0.748. The van der Waals surface area contributed by atoms with Crippen LogP contribution >= 0.6 is 23.4 Å². The zero-order valence-corrected chi connectivity index (χ0v) is 12.8. The Balaban J connectivity index is 1.82. The topological polar surface area (TPSA) is 49.4 Å². The van der Waals surface area contributed by atoms with Crippen molar-refractivity contribution in [1.29, 1.82) is 0 Å². The minimum Gasteiger partial charge on any atom is -0.349 e. The molecule has 0 spiro atoms. The first-order chi connectivity index (χ1) is 9.58. The van der Waals surface area contributed by atoms with Gasteiger partial charge < -0.3 is 10.2 Å². The third-order valence-electron chi connectivity index (χ3n) is 3.20. The first-order valence-corrected chi connectivity index (χ1v) is 7.90. The van der Waals surface area contributed by atoms with Crippen LogP contribution in [-0.4, -0.2) is 34.9 Å². The van der Waals surface area contributed by atoms with Crippen LogP contribution in [0.1, 0.15) is 24.9 Å². The van der Waals surface area contributed by atoms with Crippen LogP contribution in [0.2, 0.25) is 5.02 Å². The molecule has 0 radical (unpaired) electrons. The molecule has 20 heavy (non-hydrogen) atoms. The maximum absolute atomic E-state index is 11.9. The molecule has 1 fully saturated rings. The van der Waals surface area contributed by atoms with Crippen molar-refractivity contribution in [2.75, 3.05) is 18.8 Å². The van der Waals surface area contributed by atoms with Crippen molar-refractivity contribution in [3.63, 3.8) is 0 Å². The fraction of sp³-hybridized carbons (Fsp3) is 0.429. The van der Waals surface area contributed by atoms with E-state index in [9.17, 15) is 9.59 Å². The highest BCUT2D eigenvalue weighted by molar-refractivity contribution is 8.13. The molecule has 2 rings (SSSR count). The van der Waals surface area contributed by atoms with E-state index >= 15 is 0 Å². The van der Waals surface area contributed by atoms with Gasteiger partial charge in [-0.3, -0.25) is 9.59 Å². The lowest BCUT2D eigenvalue weighted by Crippen LogP contribution is -2.32. The number of amides is 2. The summed E-state index contributed by atoms with van der Waals surface area (Å²) in [6.45, 7) is 3.11. The second kappa shape index (κ2) is 6.99. The first kappa shape index (κ1) is 15.2. The molecule has 0 saturated carbocycles. The molecule has 0 bridgehead atoms. The standard InChI is InChI=1S/C14H17ClN2O2S/c1-10(11-4-2-3-5-12(11)15)16-13(18)6-7-17-8-9-20-14(17)19/h2-5,10H,6-9H2,1H3,(H,16,18). The molecule has 1 aromatic carbocycles. The number of thioether (sulfide) groups is 1. The molecule has 1 aliphatic rings. The van der Waals surface area contributed by atoms with Crippen LogP contribution in [0.5, 0.6) is 0 Å². The lowest BCUT2D eigenvalue weighted by atomic mass is 10.1. The SMILES string of the molecule is CC(NC(=O)CCN1CCSC1=O)c1ccccc1Cl. The third-order valence-corrected chi connectivity index (χ3v) is 4.44. The molecule has 1 heterocycles. The number of benzene rings is 1. The monoisotopic (exact) mass is 312 g/mol. The summed E-state index contributed by atoms with van der Waals surface area (Å²) in [4.78, 5) is 25.0. The van der Waals surface area contributed by atoms with Gasteiger partial charge in [0.2, 0.25) is 5.91 Å². The van der Waals surface area contributed by atoms with Crippen molar-refractivity contribution < 1.29 is 9.59 Å². The maximum atomic E-state index is 11.9. The predicted molar refractivity (Wildman–Crippen MR) is 82.1 cm³/mol. The molecule has 1 saturated heterocycles. The highest BCUT2D eigenvalue weighted by Crippen LogP contribution is 2.22. The zero-order chi connectivity index (χ0) is 14.5. The van der Waals surface area contributed by atoms with E-state index in [1.807, 2.05) is 25.1 Å². The molecule has 2 amide bonds. The van der Waals surface area contributed by atoms with Gasteiger partial charge in [0.05, 0.1) is 6.04 Å². The zero-order valence-electron chi connectivity index (χ0n) is 11.3. The summed E-state index contributed by atoms with van der Waals surface area (Å²) in [5, 5.41) is 3.62. The maximum Gasteiger partial charge on any atom is 0.281 e. The van der Waals surface area contributed by atoms with Crippen molar-refractivity contribution in [1.82, 2.24) is 10.2 Å². The Kier molecular flexibility index (Phi) is 5.31. The normalized spacial score (nSPS) is 16.3. The Morgan fingerprint density at radius 3 is 2.90 bits per heavy atom. The Bertz CT molecular complexity index is 510. The number of nitrogens with zero attached hydrogens (tertiary/aromatic N) is 1. The van der Waals surface area contributed by atoms with Crippen LogP contribution in [0.25, 0.3) is 0 Å². The number of carbonyl (C=O) groups is 2. The molecule has 1 atom stereocenters. The summed E-state index contributed by atoms with van der Waals surface area (Å²) in [5.41, 5.74) is 0.898. The molecule has 6 heteroatoms. The van der Waals surface area contributed by atoms with Crippen molar-refractivity contribution in [2.45, 2.75) is 19.4 Å². The van der Waals surface area contributed by atoms with Crippen molar-refractivity contribution in [3.05, 3.63) is 34.9 Å².